The van der Waals surface area contributed by atoms with Crippen molar-refractivity contribution in [2.24, 2.45) is 0 Å². The molecule has 5 nitrogen and oxygen atoms in total. The molecule has 0 heterocycles. The summed E-state index contributed by atoms with van der Waals surface area (Å²) in [6.07, 6.45) is 6.80. The molecule has 19 heavy (non-hydrogen) atoms. The van der Waals surface area contributed by atoms with Crippen LogP contribution in [0, 0.1) is 0 Å². The van der Waals surface area contributed by atoms with Crippen molar-refractivity contribution in [1.82, 2.24) is 10.6 Å². The maximum absolute atomic E-state index is 11.8. The molecular weight excluding hydrogens is 264 g/mol. The van der Waals surface area contributed by atoms with Crippen LogP contribution in [-0.4, -0.2) is 41.9 Å². The summed E-state index contributed by atoms with van der Waals surface area (Å²) < 4.78 is 0. The standard InChI is InChI=1S/C13H20N2O3S/c1-3-5-10(6-4-2)12(19)13(18)15-9-11(17)14-7-8-16/h3-6,12,16,19H,1,7-9H2,2H3,(H,14,17)(H,15,18)/b6-4-,10-5+. The van der Waals surface area contributed by atoms with Crippen molar-refractivity contribution in [2.45, 2.75) is 12.2 Å². The highest BCUT2D eigenvalue weighted by molar-refractivity contribution is 7.82. The summed E-state index contributed by atoms with van der Waals surface area (Å²) in [5.74, 6) is -0.725. The van der Waals surface area contributed by atoms with Crippen LogP contribution >= 0.6 is 12.6 Å². The number of hydrogen-bond acceptors (Lipinski definition) is 4. The lowest BCUT2D eigenvalue weighted by Gasteiger charge is -2.12. The van der Waals surface area contributed by atoms with E-state index in [1.165, 1.54) is 0 Å². The van der Waals surface area contributed by atoms with Crippen LogP contribution in [0.25, 0.3) is 0 Å². The molecular formula is C13H20N2O3S. The van der Waals surface area contributed by atoms with Crippen LogP contribution in [0.2, 0.25) is 0 Å². The molecule has 0 bridgehead atoms. The number of carbonyl (C=O) groups is 2. The zero-order valence-corrected chi connectivity index (χ0v) is 11.8. The average molecular weight is 284 g/mol. The third-order valence-electron chi connectivity index (χ3n) is 2.09. The first-order valence-corrected chi connectivity index (χ1v) is 6.37. The number of allylic oxidation sites excluding steroid dienone is 4. The molecule has 0 aliphatic carbocycles. The van der Waals surface area contributed by atoms with E-state index in [9.17, 15) is 9.59 Å². The van der Waals surface area contributed by atoms with Crippen molar-refractivity contribution < 1.29 is 14.7 Å². The molecule has 0 aliphatic heterocycles. The Morgan fingerprint density at radius 1 is 1.42 bits per heavy atom. The first-order chi connectivity index (χ1) is 9.06. The van der Waals surface area contributed by atoms with Gasteiger partial charge in [-0.2, -0.15) is 12.6 Å². The van der Waals surface area contributed by atoms with Crippen LogP contribution in [0.1, 0.15) is 6.92 Å². The summed E-state index contributed by atoms with van der Waals surface area (Å²) in [4.78, 5) is 23.0. The van der Waals surface area contributed by atoms with Crippen LogP contribution in [-0.2, 0) is 9.59 Å². The number of hydrogen-bond donors (Lipinski definition) is 4. The molecule has 0 spiro atoms. The van der Waals surface area contributed by atoms with E-state index in [1.807, 2.05) is 6.92 Å². The molecule has 106 valence electrons. The van der Waals surface area contributed by atoms with Crippen molar-refractivity contribution in [3.8, 4) is 0 Å². The molecule has 0 saturated heterocycles. The van der Waals surface area contributed by atoms with Gasteiger partial charge < -0.3 is 15.7 Å². The van der Waals surface area contributed by atoms with E-state index in [-0.39, 0.29) is 31.5 Å². The second-order valence-corrected chi connectivity index (χ2v) is 4.11. The van der Waals surface area contributed by atoms with Gasteiger partial charge >= 0.3 is 0 Å². The molecule has 0 aromatic rings. The minimum absolute atomic E-state index is 0.137. The first-order valence-electron chi connectivity index (χ1n) is 5.85. The lowest BCUT2D eigenvalue weighted by molar-refractivity contribution is -0.125. The zero-order valence-electron chi connectivity index (χ0n) is 10.9. The Kier molecular flexibility index (Phi) is 9.56. The molecule has 6 heteroatoms. The maximum Gasteiger partial charge on any atom is 0.239 e. The van der Waals surface area contributed by atoms with Crippen molar-refractivity contribution in [3.05, 3.63) is 36.5 Å². The minimum atomic E-state index is -0.667. The van der Waals surface area contributed by atoms with Gasteiger partial charge in [0, 0.05) is 6.54 Å². The van der Waals surface area contributed by atoms with Crippen molar-refractivity contribution in [2.75, 3.05) is 19.7 Å². The van der Waals surface area contributed by atoms with E-state index in [0.29, 0.717) is 5.57 Å². The molecule has 3 N–H and O–H groups in total. The number of carbonyl (C=O) groups excluding carboxylic acids is 2. The Bertz CT molecular complexity index is 378. The highest BCUT2D eigenvalue weighted by Crippen LogP contribution is 2.11. The van der Waals surface area contributed by atoms with Crippen molar-refractivity contribution in [1.29, 1.82) is 0 Å². The topological polar surface area (TPSA) is 78.4 Å². The Morgan fingerprint density at radius 3 is 2.63 bits per heavy atom. The Morgan fingerprint density at radius 2 is 2.11 bits per heavy atom. The van der Waals surface area contributed by atoms with E-state index < -0.39 is 5.25 Å². The smallest absolute Gasteiger partial charge is 0.239 e. The maximum atomic E-state index is 11.8. The van der Waals surface area contributed by atoms with Crippen LogP contribution in [0.5, 0.6) is 0 Å². The molecule has 0 saturated carbocycles. The predicted molar refractivity (Wildman–Crippen MR) is 79.0 cm³/mol. The van der Waals surface area contributed by atoms with E-state index in [1.54, 1.807) is 24.3 Å². The van der Waals surface area contributed by atoms with Crippen LogP contribution < -0.4 is 10.6 Å². The largest absolute Gasteiger partial charge is 0.395 e. The Labute approximate surface area is 118 Å². The van der Waals surface area contributed by atoms with Gasteiger partial charge in [-0.05, 0) is 12.5 Å². The summed E-state index contributed by atoms with van der Waals surface area (Å²) in [7, 11) is 0. The second kappa shape index (κ2) is 10.4. The minimum Gasteiger partial charge on any atom is -0.395 e. The Balaban J connectivity index is 4.36. The van der Waals surface area contributed by atoms with E-state index in [4.69, 9.17) is 5.11 Å². The molecule has 0 aliphatic rings. The first kappa shape index (κ1) is 17.5. The third-order valence-corrected chi connectivity index (χ3v) is 2.62. The highest BCUT2D eigenvalue weighted by Gasteiger charge is 2.17. The van der Waals surface area contributed by atoms with Gasteiger partial charge in [-0.1, -0.05) is 30.9 Å². The lowest BCUT2D eigenvalue weighted by Crippen LogP contribution is -2.41. The van der Waals surface area contributed by atoms with Gasteiger partial charge in [0.15, 0.2) is 0 Å². The predicted octanol–water partition coefficient (Wildman–Crippen LogP) is 0.198. The molecule has 0 rings (SSSR count). The van der Waals surface area contributed by atoms with Gasteiger partial charge in [-0.15, -0.1) is 0 Å². The van der Waals surface area contributed by atoms with E-state index in [2.05, 4.69) is 29.8 Å². The highest BCUT2D eigenvalue weighted by atomic mass is 32.1. The number of aliphatic hydroxyl groups excluding tert-OH is 1. The summed E-state index contributed by atoms with van der Waals surface area (Å²) in [5.41, 5.74) is 0.689. The fourth-order valence-electron chi connectivity index (χ4n) is 1.24. The summed E-state index contributed by atoms with van der Waals surface area (Å²) in [6.45, 7) is 5.28. The number of rotatable bonds is 8. The fraction of sp³-hybridized carbons (Fsp3) is 0.385. The fourth-order valence-corrected chi connectivity index (χ4v) is 1.50. The van der Waals surface area contributed by atoms with Gasteiger partial charge in [0.05, 0.1) is 13.2 Å². The molecule has 2 amide bonds. The van der Waals surface area contributed by atoms with Crippen molar-refractivity contribution >= 4 is 24.4 Å². The van der Waals surface area contributed by atoms with Crippen LogP contribution in [0.4, 0.5) is 0 Å². The average Bonchev–Trinajstić information content (AvgIpc) is 2.41. The number of aliphatic hydroxyl groups is 1. The van der Waals surface area contributed by atoms with Crippen LogP contribution in [0.3, 0.4) is 0 Å². The van der Waals surface area contributed by atoms with E-state index in [0.717, 1.165) is 0 Å². The molecule has 0 radical (unpaired) electrons. The van der Waals surface area contributed by atoms with Crippen LogP contribution in [0.15, 0.2) is 36.5 Å². The second-order valence-electron chi connectivity index (χ2n) is 3.60. The molecule has 0 aromatic heterocycles. The van der Waals surface area contributed by atoms with E-state index >= 15 is 0 Å². The summed E-state index contributed by atoms with van der Waals surface area (Å²) in [6, 6.07) is 0. The summed E-state index contributed by atoms with van der Waals surface area (Å²) in [5, 5.41) is 12.8. The zero-order chi connectivity index (χ0) is 14.7. The number of nitrogens with one attached hydrogen (secondary N) is 2. The van der Waals surface area contributed by atoms with Gasteiger partial charge in [0.2, 0.25) is 11.8 Å². The lowest BCUT2D eigenvalue weighted by atomic mass is 10.1. The van der Waals surface area contributed by atoms with Gasteiger partial charge in [0.1, 0.15) is 5.25 Å². The Hall–Kier alpha value is -1.53. The van der Waals surface area contributed by atoms with Gasteiger partial charge in [0.25, 0.3) is 0 Å². The summed E-state index contributed by atoms with van der Waals surface area (Å²) >= 11 is 4.21. The van der Waals surface area contributed by atoms with Crippen molar-refractivity contribution in [3.63, 3.8) is 0 Å². The third kappa shape index (κ3) is 7.48. The van der Waals surface area contributed by atoms with Gasteiger partial charge in [-0.3, -0.25) is 9.59 Å². The monoisotopic (exact) mass is 284 g/mol. The SMILES string of the molecule is C=C/C=C(\C=C/C)C(S)C(=O)NCC(=O)NCCO. The molecule has 1 unspecified atom stereocenters. The van der Waals surface area contributed by atoms with Gasteiger partial charge in [-0.25, -0.2) is 0 Å². The quantitative estimate of drug-likeness (QED) is 0.380. The number of amides is 2. The number of thiol groups is 1. The molecule has 0 aromatic carbocycles. The molecule has 0 fully saturated rings. The molecule has 1 atom stereocenters. The normalized spacial score (nSPS) is 13.1.